The number of aryl methyl sites for hydroxylation is 2. The highest BCUT2D eigenvalue weighted by Gasteiger charge is 2.34. The van der Waals surface area contributed by atoms with Crippen LogP contribution in [0.1, 0.15) is 23.1 Å². The zero-order valence-electron chi connectivity index (χ0n) is 16.6. The highest BCUT2D eigenvalue weighted by Crippen LogP contribution is 2.24. The summed E-state index contributed by atoms with van der Waals surface area (Å²) in [4.78, 5) is 30.0. The summed E-state index contributed by atoms with van der Waals surface area (Å²) < 4.78 is 13.5. The second-order valence-electron chi connectivity index (χ2n) is 7.80. The molecule has 3 aromatic rings. The van der Waals surface area contributed by atoms with E-state index >= 15 is 0 Å². The van der Waals surface area contributed by atoms with E-state index in [2.05, 4.69) is 10.3 Å². The molecule has 0 saturated carbocycles. The number of likely N-dealkylation sites (tertiary alicyclic amines) is 1. The van der Waals surface area contributed by atoms with Gasteiger partial charge in [-0.25, -0.2) is 4.39 Å². The number of halogens is 1. The number of fused-ring (bicyclic) bond motifs is 1. The Morgan fingerprint density at radius 1 is 1.24 bits per heavy atom. The maximum Gasteiger partial charge on any atom is 0.229 e. The van der Waals surface area contributed by atoms with Gasteiger partial charge in [-0.2, -0.15) is 0 Å². The number of nitrogens with zero attached hydrogens (tertiary/aromatic N) is 1. The molecule has 0 radical (unpaired) electrons. The summed E-state index contributed by atoms with van der Waals surface area (Å²) in [5.74, 6) is -0.776. The van der Waals surface area contributed by atoms with Crippen molar-refractivity contribution >= 4 is 28.4 Å². The Kier molecular flexibility index (Phi) is 5.09. The van der Waals surface area contributed by atoms with Crippen LogP contribution in [-0.2, 0) is 16.0 Å². The average Bonchev–Trinajstić information content (AvgIpc) is 3.26. The van der Waals surface area contributed by atoms with Crippen LogP contribution in [0.15, 0.2) is 42.6 Å². The third kappa shape index (κ3) is 4.01. The number of hydrogen-bond acceptors (Lipinski definition) is 2. The van der Waals surface area contributed by atoms with Gasteiger partial charge in [0, 0.05) is 42.3 Å². The highest BCUT2D eigenvalue weighted by molar-refractivity contribution is 5.97. The van der Waals surface area contributed by atoms with Crippen LogP contribution in [0.25, 0.3) is 10.9 Å². The molecule has 1 saturated heterocycles. The standard InChI is InChI=1S/C23H24FN3O2/c1-14-3-4-15(2)21(9-14)26-23(29)17-10-22(28)27(13-17)8-7-16-12-25-20-6-5-18(24)11-19(16)20/h3-6,9,11-12,17,25H,7-8,10,13H2,1-2H3,(H,26,29). The summed E-state index contributed by atoms with van der Waals surface area (Å²) in [5, 5.41) is 3.80. The number of carbonyl (C=O) groups is 2. The first kappa shape index (κ1) is 19.2. The Balaban J connectivity index is 1.39. The van der Waals surface area contributed by atoms with Gasteiger partial charge in [0.25, 0.3) is 0 Å². The Morgan fingerprint density at radius 2 is 2.07 bits per heavy atom. The molecule has 5 nitrogen and oxygen atoms in total. The molecule has 2 N–H and O–H groups in total. The van der Waals surface area contributed by atoms with Crippen molar-refractivity contribution in [3.8, 4) is 0 Å². The van der Waals surface area contributed by atoms with Gasteiger partial charge in [0.1, 0.15) is 5.82 Å². The molecule has 1 aliphatic heterocycles. The molecule has 0 aliphatic carbocycles. The molecule has 1 aromatic heterocycles. The third-order valence-electron chi connectivity index (χ3n) is 5.62. The van der Waals surface area contributed by atoms with Crippen molar-refractivity contribution in [1.29, 1.82) is 0 Å². The van der Waals surface area contributed by atoms with Crippen molar-refractivity contribution in [3.63, 3.8) is 0 Å². The molecule has 29 heavy (non-hydrogen) atoms. The summed E-state index contributed by atoms with van der Waals surface area (Å²) in [6, 6.07) is 10.6. The summed E-state index contributed by atoms with van der Waals surface area (Å²) in [6.45, 7) is 4.85. The topological polar surface area (TPSA) is 65.2 Å². The molecule has 6 heteroatoms. The lowest BCUT2D eigenvalue weighted by atomic mass is 10.1. The van der Waals surface area contributed by atoms with E-state index in [0.717, 1.165) is 33.3 Å². The number of aromatic amines is 1. The summed E-state index contributed by atoms with van der Waals surface area (Å²) in [5.41, 5.74) is 4.71. The lowest BCUT2D eigenvalue weighted by molar-refractivity contribution is -0.128. The second kappa shape index (κ2) is 7.70. The number of rotatable bonds is 5. The van der Waals surface area contributed by atoms with Crippen LogP contribution >= 0.6 is 0 Å². The number of H-pyrrole nitrogens is 1. The second-order valence-corrected chi connectivity index (χ2v) is 7.80. The lowest BCUT2D eigenvalue weighted by Gasteiger charge is -2.17. The van der Waals surface area contributed by atoms with Gasteiger partial charge in [-0.15, -0.1) is 0 Å². The summed E-state index contributed by atoms with van der Waals surface area (Å²) >= 11 is 0. The van der Waals surface area contributed by atoms with Crippen LogP contribution in [0.5, 0.6) is 0 Å². The minimum absolute atomic E-state index is 0.0165. The Hall–Kier alpha value is -3.15. The van der Waals surface area contributed by atoms with E-state index in [0.29, 0.717) is 19.5 Å². The van der Waals surface area contributed by atoms with Gasteiger partial charge in [-0.3, -0.25) is 9.59 Å². The van der Waals surface area contributed by atoms with Gasteiger partial charge in [-0.1, -0.05) is 12.1 Å². The van der Waals surface area contributed by atoms with E-state index in [1.54, 1.807) is 11.0 Å². The number of anilines is 1. The molecule has 2 aromatic carbocycles. The zero-order chi connectivity index (χ0) is 20.5. The number of amides is 2. The van der Waals surface area contributed by atoms with Crippen LogP contribution in [0, 0.1) is 25.6 Å². The number of benzene rings is 2. The SMILES string of the molecule is Cc1ccc(C)c(NC(=O)C2CC(=O)N(CCc3c[nH]c4ccc(F)cc34)C2)c1. The first-order valence-corrected chi connectivity index (χ1v) is 9.82. The molecule has 1 atom stereocenters. The third-order valence-corrected chi connectivity index (χ3v) is 5.62. The molecule has 0 spiro atoms. The van der Waals surface area contributed by atoms with E-state index in [-0.39, 0.29) is 30.0 Å². The van der Waals surface area contributed by atoms with Crippen molar-refractivity contribution in [3.05, 3.63) is 65.1 Å². The van der Waals surface area contributed by atoms with Crippen LogP contribution in [0.3, 0.4) is 0 Å². The normalized spacial score (nSPS) is 16.6. The van der Waals surface area contributed by atoms with Crippen molar-refractivity contribution in [1.82, 2.24) is 9.88 Å². The average molecular weight is 393 g/mol. The van der Waals surface area contributed by atoms with Gasteiger partial charge in [0.2, 0.25) is 11.8 Å². The number of nitrogens with one attached hydrogen (secondary N) is 2. The molecular weight excluding hydrogens is 369 g/mol. The van der Waals surface area contributed by atoms with Crippen molar-refractivity contribution in [2.75, 3.05) is 18.4 Å². The maximum atomic E-state index is 13.5. The zero-order valence-corrected chi connectivity index (χ0v) is 16.6. The fourth-order valence-electron chi connectivity index (χ4n) is 3.88. The highest BCUT2D eigenvalue weighted by atomic mass is 19.1. The van der Waals surface area contributed by atoms with Crippen LogP contribution in [0.2, 0.25) is 0 Å². The predicted octanol–water partition coefficient (Wildman–Crippen LogP) is 3.95. The largest absolute Gasteiger partial charge is 0.361 e. The van der Waals surface area contributed by atoms with Gasteiger partial charge < -0.3 is 15.2 Å². The Bertz CT molecular complexity index is 1090. The van der Waals surface area contributed by atoms with Crippen molar-refractivity contribution in [2.24, 2.45) is 5.92 Å². The van der Waals surface area contributed by atoms with Crippen LogP contribution in [0.4, 0.5) is 10.1 Å². The molecule has 1 aliphatic rings. The van der Waals surface area contributed by atoms with E-state index in [4.69, 9.17) is 0 Å². The van der Waals surface area contributed by atoms with Gasteiger partial charge in [0.15, 0.2) is 0 Å². The minimum atomic E-state index is -0.358. The Labute approximate surface area is 168 Å². The van der Waals surface area contributed by atoms with Gasteiger partial charge >= 0.3 is 0 Å². The van der Waals surface area contributed by atoms with Crippen LogP contribution < -0.4 is 5.32 Å². The predicted molar refractivity (Wildman–Crippen MR) is 111 cm³/mol. The quantitative estimate of drug-likeness (QED) is 0.689. The van der Waals surface area contributed by atoms with E-state index in [1.807, 2.05) is 38.2 Å². The van der Waals surface area contributed by atoms with Gasteiger partial charge in [0.05, 0.1) is 5.92 Å². The fraction of sp³-hybridized carbons (Fsp3) is 0.304. The monoisotopic (exact) mass is 393 g/mol. The van der Waals surface area contributed by atoms with E-state index in [1.165, 1.54) is 12.1 Å². The number of hydrogen-bond donors (Lipinski definition) is 2. The molecule has 0 bridgehead atoms. The minimum Gasteiger partial charge on any atom is -0.361 e. The number of carbonyl (C=O) groups excluding carboxylic acids is 2. The molecule has 1 fully saturated rings. The maximum absolute atomic E-state index is 13.5. The van der Waals surface area contributed by atoms with E-state index < -0.39 is 0 Å². The Morgan fingerprint density at radius 3 is 2.90 bits per heavy atom. The summed E-state index contributed by atoms with van der Waals surface area (Å²) in [7, 11) is 0. The van der Waals surface area contributed by atoms with E-state index in [9.17, 15) is 14.0 Å². The first-order valence-electron chi connectivity index (χ1n) is 9.82. The fourth-order valence-corrected chi connectivity index (χ4v) is 3.88. The smallest absolute Gasteiger partial charge is 0.229 e. The number of aromatic nitrogens is 1. The first-order chi connectivity index (χ1) is 13.9. The molecule has 2 amide bonds. The van der Waals surface area contributed by atoms with Crippen LogP contribution in [-0.4, -0.2) is 34.8 Å². The molecule has 2 heterocycles. The summed E-state index contributed by atoms with van der Waals surface area (Å²) in [6.07, 6.45) is 2.69. The van der Waals surface area contributed by atoms with Crippen molar-refractivity contribution < 1.29 is 14.0 Å². The lowest BCUT2D eigenvalue weighted by Crippen LogP contribution is -2.30. The molecule has 4 rings (SSSR count). The molecule has 150 valence electrons. The molecule has 1 unspecified atom stereocenters. The molecular formula is C23H24FN3O2. The van der Waals surface area contributed by atoms with Crippen molar-refractivity contribution in [2.45, 2.75) is 26.7 Å². The van der Waals surface area contributed by atoms with Gasteiger partial charge in [-0.05, 0) is 61.2 Å².